The molecular formula is C13H22ClN3O3. The molecule has 114 valence electrons. The molecule has 1 heterocycles. The van der Waals surface area contributed by atoms with E-state index in [9.17, 15) is 5.11 Å². The Balaban J connectivity index is 2.60. The number of rotatable bonds is 9. The summed E-state index contributed by atoms with van der Waals surface area (Å²) in [5, 5.41) is 13.5. The fourth-order valence-corrected chi connectivity index (χ4v) is 1.71. The molecule has 0 saturated heterocycles. The lowest BCUT2D eigenvalue weighted by molar-refractivity contribution is 0.0357. The molecule has 20 heavy (non-hydrogen) atoms. The molecule has 2 N–H and O–H groups in total. The Kier molecular flexibility index (Phi) is 7.15. The molecule has 1 atom stereocenters. The summed E-state index contributed by atoms with van der Waals surface area (Å²) in [6, 6.07) is 1.61. The summed E-state index contributed by atoms with van der Waals surface area (Å²) in [5.41, 5.74) is -0.881. The summed E-state index contributed by atoms with van der Waals surface area (Å²) >= 11 is 5.93. The van der Waals surface area contributed by atoms with E-state index < -0.39 is 5.60 Å². The Morgan fingerprint density at radius 1 is 1.45 bits per heavy atom. The molecule has 0 amide bonds. The number of methoxy groups -OCH3 is 1. The SMILES string of the molecule is CCOCc1nc(Cl)cc(NCC(C)(O)CCOC)n1. The number of hydrogen-bond donors (Lipinski definition) is 2. The van der Waals surface area contributed by atoms with Gasteiger partial charge in [-0.15, -0.1) is 0 Å². The normalized spacial score (nSPS) is 14.1. The average Bonchev–Trinajstić information content (AvgIpc) is 2.40. The van der Waals surface area contributed by atoms with E-state index in [2.05, 4.69) is 15.3 Å². The maximum absolute atomic E-state index is 10.1. The standard InChI is InChI=1S/C13H22ClN3O3/c1-4-20-8-12-16-10(14)7-11(17-12)15-9-13(2,18)5-6-19-3/h7,18H,4-6,8-9H2,1-3H3,(H,15,16,17). The van der Waals surface area contributed by atoms with Crippen molar-refractivity contribution < 1.29 is 14.6 Å². The first kappa shape index (κ1) is 17.1. The Bertz CT molecular complexity index is 416. The minimum atomic E-state index is -0.881. The second-order valence-corrected chi connectivity index (χ2v) is 5.11. The van der Waals surface area contributed by atoms with Crippen LogP contribution in [0.15, 0.2) is 6.07 Å². The van der Waals surface area contributed by atoms with Gasteiger partial charge in [-0.1, -0.05) is 11.6 Å². The van der Waals surface area contributed by atoms with E-state index in [0.29, 0.717) is 49.6 Å². The monoisotopic (exact) mass is 303 g/mol. The molecule has 1 rings (SSSR count). The van der Waals surface area contributed by atoms with Gasteiger partial charge in [0.2, 0.25) is 0 Å². The molecule has 0 aliphatic rings. The highest BCUT2D eigenvalue weighted by atomic mass is 35.5. The van der Waals surface area contributed by atoms with Crippen molar-refractivity contribution in [2.24, 2.45) is 0 Å². The molecule has 0 aliphatic heterocycles. The van der Waals surface area contributed by atoms with Crippen molar-refractivity contribution in [2.75, 3.05) is 32.2 Å². The van der Waals surface area contributed by atoms with Gasteiger partial charge in [-0.2, -0.15) is 0 Å². The zero-order valence-electron chi connectivity index (χ0n) is 12.1. The predicted octanol–water partition coefficient (Wildman–Crippen LogP) is 1.87. The molecule has 0 spiro atoms. The third-order valence-electron chi connectivity index (χ3n) is 2.67. The molecule has 1 aromatic rings. The van der Waals surface area contributed by atoms with Crippen LogP contribution in [0.25, 0.3) is 0 Å². The number of ether oxygens (including phenoxy) is 2. The predicted molar refractivity (Wildman–Crippen MR) is 78.0 cm³/mol. The zero-order valence-corrected chi connectivity index (χ0v) is 12.9. The highest BCUT2D eigenvalue weighted by Gasteiger charge is 2.20. The molecule has 0 radical (unpaired) electrons. The first-order valence-electron chi connectivity index (χ1n) is 6.53. The van der Waals surface area contributed by atoms with E-state index in [1.54, 1.807) is 20.1 Å². The Labute approximate surface area is 124 Å². The lowest BCUT2D eigenvalue weighted by Gasteiger charge is -2.23. The number of anilines is 1. The van der Waals surface area contributed by atoms with E-state index in [-0.39, 0.29) is 0 Å². The van der Waals surface area contributed by atoms with Gasteiger partial charge in [0.15, 0.2) is 5.82 Å². The Hall–Kier alpha value is -0.950. The Morgan fingerprint density at radius 3 is 2.85 bits per heavy atom. The smallest absolute Gasteiger partial charge is 0.158 e. The minimum Gasteiger partial charge on any atom is -0.388 e. The van der Waals surface area contributed by atoms with Crippen molar-refractivity contribution in [3.63, 3.8) is 0 Å². The fraction of sp³-hybridized carbons (Fsp3) is 0.692. The van der Waals surface area contributed by atoms with E-state index in [1.165, 1.54) is 0 Å². The van der Waals surface area contributed by atoms with Crippen molar-refractivity contribution in [1.29, 1.82) is 0 Å². The van der Waals surface area contributed by atoms with Crippen molar-refractivity contribution in [3.8, 4) is 0 Å². The van der Waals surface area contributed by atoms with Crippen molar-refractivity contribution >= 4 is 17.4 Å². The molecule has 0 bridgehead atoms. The molecule has 7 heteroatoms. The van der Waals surface area contributed by atoms with Gasteiger partial charge in [0, 0.05) is 39.4 Å². The van der Waals surface area contributed by atoms with Crippen LogP contribution in [0, 0.1) is 0 Å². The summed E-state index contributed by atoms with van der Waals surface area (Å²) in [4.78, 5) is 8.35. The van der Waals surface area contributed by atoms with E-state index >= 15 is 0 Å². The van der Waals surface area contributed by atoms with Gasteiger partial charge >= 0.3 is 0 Å². The molecule has 0 saturated carbocycles. The molecule has 0 aromatic carbocycles. The minimum absolute atomic E-state index is 0.311. The number of aromatic nitrogens is 2. The number of halogens is 1. The van der Waals surface area contributed by atoms with Gasteiger partial charge in [0.1, 0.15) is 17.6 Å². The van der Waals surface area contributed by atoms with Crippen LogP contribution < -0.4 is 5.32 Å². The fourth-order valence-electron chi connectivity index (χ4n) is 1.50. The van der Waals surface area contributed by atoms with Crippen molar-refractivity contribution in [1.82, 2.24) is 9.97 Å². The lowest BCUT2D eigenvalue weighted by Crippen LogP contribution is -2.35. The highest BCUT2D eigenvalue weighted by Crippen LogP contribution is 2.15. The maximum atomic E-state index is 10.1. The summed E-state index contributed by atoms with van der Waals surface area (Å²) in [5.74, 6) is 1.08. The number of nitrogens with zero attached hydrogens (tertiary/aromatic N) is 2. The average molecular weight is 304 g/mol. The van der Waals surface area contributed by atoms with Crippen molar-refractivity contribution in [2.45, 2.75) is 32.5 Å². The van der Waals surface area contributed by atoms with E-state index in [1.807, 2.05) is 6.92 Å². The van der Waals surface area contributed by atoms with Crippen LogP contribution in [0.2, 0.25) is 5.15 Å². The van der Waals surface area contributed by atoms with Crippen molar-refractivity contribution in [3.05, 3.63) is 17.0 Å². The van der Waals surface area contributed by atoms with E-state index in [0.717, 1.165) is 0 Å². The second-order valence-electron chi connectivity index (χ2n) is 4.72. The first-order valence-corrected chi connectivity index (χ1v) is 6.91. The van der Waals surface area contributed by atoms with Gasteiger partial charge < -0.3 is 19.9 Å². The topological polar surface area (TPSA) is 76.5 Å². The third-order valence-corrected chi connectivity index (χ3v) is 2.87. The number of aliphatic hydroxyl groups is 1. The molecule has 1 aromatic heterocycles. The van der Waals surface area contributed by atoms with Gasteiger partial charge in [-0.25, -0.2) is 9.97 Å². The van der Waals surface area contributed by atoms with E-state index in [4.69, 9.17) is 21.1 Å². The first-order chi connectivity index (χ1) is 9.46. The summed E-state index contributed by atoms with van der Waals surface area (Å²) in [7, 11) is 1.60. The maximum Gasteiger partial charge on any atom is 0.158 e. The lowest BCUT2D eigenvalue weighted by atomic mass is 10.0. The summed E-state index contributed by atoms with van der Waals surface area (Å²) < 4.78 is 10.2. The molecule has 6 nitrogen and oxygen atoms in total. The Morgan fingerprint density at radius 2 is 2.20 bits per heavy atom. The third kappa shape index (κ3) is 6.47. The van der Waals surface area contributed by atoms with Gasteiger partial charge in [-0.05, 0) is 13.8 Å². The van der Waals surface area contributed by atoms with Gasteiger partial charge in [0.25, 0.3) is 0 Å². The van der Waals surface area contributed by atoms with Gasteiger partial charge in [-0.3, -0.25) is 0 Å². The van der Waals surface area contributed by atoms with Crippen LogP contribution in [0.5, 0.6) is 0 Å². The van der Waals surface area contributed by atoms with Crippen LogP contribution in [0.4, 0.5) is 5.82 Å². The number of nitrogens with one attached hydrogen (secondary N) is 1. The molecule has 0 aliphatic carbocycles. The second kappa shape index (κ2) is 8.36. The summed E-state index contributed by atoms with van der Waals surface area (Å²) in [6.45, 7) is 5.38. The quantitative estimate of drug-likeness (QED) is 0.678. The van der Waals surface area contributed by atoms with Crippen LogP contribution in [0.1, 0.15) is 26.1 Å². The van der Waals surface area contributed by atoms with Crippen LogP contribution >= 0.6 is 11.6 Å². The summed E-state index contributed by atoms with van der Waals surface area (Å²) in [6.07, 6.45) is 0.529. The van der Waals surface area contributed by atoms with Crippen LogP contribution in [-0.4, -0.2) is 47.5 Å². The molecular weight excluding hydrogens is 282 g/mol. The van der Waals surface area contributed by atoms with Crippen LogP contribution in [0.3, 0.4) is 0 Å². The molecule has 0 fully saturated rings. The van der Waals surface area contributed by atoms with Gasteiger partial charge in [0.05, 0.1) is 5.60 Å². The highest BCUT2D eigenvalue weighted by molar-refractivity contribution is 6.29. The zero-order chi connectivity index (χ0) is 15.0. The molecule has 1 unspecified atom stereocenters. The largest absolute Gasteiger partial charge is 0.388 e. The number of hydrogen-bond acceptors (Lipinski definition) is 6. The van der Waals surface area contributed by atoms with Crippen LogP contribution in [-0.2, 0) is 16.1 Å².